The van der Waals surface area contributed by atoms with Gasteiger partial charge < -0.3 is 20.1 Å². The van der Waals surface area contributed by atoms with Crippen LogP contribution in [-0.2, 0) is 26.4 Å². The van der Waals surface area contributed by atoms with E-state index >= 15 is 0 Å². The fourth-order valence-corrected chi connectivity index (χ4v) is 3.29. The molecule has 27 heavy (non-hydrogen) atoms. The molecule has 7 nitrogen and oxygen atoms in total. The van der Waals surface area contributed by atoms with Gasteiger partial charge in [-0.1, -0.05) is 30.3 Å². The third kappa shape index (κ3) is 3.39. The first-order valence-electron chi connectivity index (χ1n) is 8.09. The molecule has 2 aromatic rings. The Labute approximate surface area is 177 Å². The Hall–Kier alpha value is -2.19. The molecule has 0 radical (unpaired) electrons. The quantitative estimate of drug-likeness (QED) is 0.324. The number of epoxide rings is 1. The van der Waals surface area contributed by atoms with Crippen molar-refractivity contribution >= 4 is 23.7 Å². The second-order valence-electron chi connectivity index (χ2n) is 6.44. The number of primary amides is 1. The second-order valence-corrected chi connectivity index (χ2v) is 6.44. The van der Waals surface area contributed by atoms with E-state index in [1.807, 2.05) is 36.4 Å². The summed E-state index contributed by atoms with van der Waals surface area (Å²) in [6.45, 7) is 2.25. The number of amides is 2. The largest absolute Gasteiger partial charge is 1.00 e. The van der Waals surface area contributed by atoms with Crippen molar-refractivity contribution in [2.75, 3.05) is 4.90 Å². The van der Waals surface area contributed by atoms with Crippen LogP contribution in [0.4, 0.5) is 10.5 Å². The van der Waals surface area contributed by atoms with Gasteiger partial charge in [0.2, 0.25) is 0 Å². The number of esters is 1. The van der Waals surface area contributed by atoms with Crippen molar-refractivity contribution in [1.29, 1.82) is 0 Å². The molecule has 2 amide bonds. The van der Waals surface area contributed by atoms with E-state index in [-0.39, 0.29) is 35.5 Å². The van der Waals surface area contributed by atoms with Crippen molar-refractivity contribution < 1.29 is 53.4 Å². The monoisotopic (exact) mass is 375 g/mol. The summed E-state index contributed by atoms with van der Waals surface area (Å²) >= 11 is 0. The predicted octanol–water partition coefficient (Wildman–Crippen LogP) is -0.913. The van der Waals surface area contributed by atoms with Crippen LogP contribution in [0.15, 0.2) is 48.5 Å². The maximum atomic E-state index is 12.5. The van der Waals surface area contributed by atoms with Gasteiger partial charge in [-0.2, -0.15) is 0 Å². The molecule has 0 bridgehead atoms. The van der Waals surface area contributed by atoms with Gasteiger partial charge in [0.15, 0.2) is 6.10 Å². The van der Waals surface area contributed by atoms with Gasteiger partial charge in [-0.3, -0.25) is 4.79 Å². The number of nitrogens with zero attached hydrogens (tertiary/aromatic N) is 1. The number of hydrogen-bond acceptors (Lipinski definition) is 5. The van der Waals surface area contributed by atoms with E-state index in [0.717, 1.165) is 16.8 Å². The molecule has 2 aliphatic heterocycles. The molecule has 2 N–H and O–H groups in total. The number of fused-ring (bicyclic) bond motifs is 1. The minimum absolute atomic E-state index is 0. The molecule has 0 aliphatic carbocycles. The summed E-state index contributed by atoms with van der Waals surface area (Å²) in [7, 11) is 0. The van der Waals surface area contributed by atoms with Crippen LogP contribution in [0.1, 0.15) is 28.4 Å². The molecule has 0 spiro atoms. The zero-order chi connectivity index (χ0) is 18.5. The Kier molecular flexibility index (Phi) is 5.14. The molecule has 4 rings (SSSR count). The van der Waals surface area contributed by atoms with Crippen molar-refractivity contribution in [3.63, 3.8) is 0 Å². The summed E-state index contributed by atoms with van der Waals surface area (Å²) in [6.07, 6.45) is -2.03. The molecule has 1 saturated heterocycles. The molecule has 2 heterocycles. The van der Waals surface area contributed by atoms with E-state index < -0.39 is 23.8 Å². The second kappa shape index (κ2) is 7.09. The molecule has 2 aromatic carbocycles. The van der Waals surface area contributed by atoms with E-state index in [1.165, 1.54) is 0 Å². The summed E-state index contributed by atoms with van der Waals surface area (Å²) in [5.41, 5.74) is 7.19. The van der Waals surface area contributed by atoms with Gasteiger partial charge in [-0.15, -0.1) is 0 Å². The molecule has 2 atom stereocenters. The molecule has 8 heteroatoms. The van der Waals surface area contributed by atoms with Gasteiger partial charge in [0.25, 0.3) is 5.91 Å². The Balaban J connectivity index is 0.00000210. The van der Waals surface area contributed by atoms with Crippen LogP contribution >= 0.6 is 0 Å². The van der Waals surface area contributed by atoms with E-state index in [9.17, 15) is 14.4 Å². The number of hydrogen-bond donors (Lipinski definition) is 1. The van der Waals surface area contributed by atoms with Gasteiger partial charge in [-0.05, 0) is 36.2 Å². The van der Waals surface area contributed by atoms with Crippen LogP contribution in [-0.4, -0.2) is 24.1 Å². The van der Waals surface area contributed by atoms with Crippen molar-refractivity contribution in [2.45, 2.75) is 25.2 Å². The first-order chi connectivity index (χ1) is 12.4. The SMILES string of the molecule is CC1(c2ccc(N3Cc4ccccc4C3=O)cc2)OC1C(=O)OC(N)=O.[Na+]. The smallest absolute Gasteiger partial charge is 0.374 e. The fraction of sp³-hybridized carbons (Fsp3) is 0.211. The molecule has 2 aliphatic rings. The van der Waals surface area contributed by atoms with Crippen LogP contribution in [0, 0.1) is 0 Å². The van der Waals surface area contributed by atoms with E-state index in [2.05, 4.69) is 4.74 Å². The minimum Gasteiger partial charge on any atom is -0.374 e. The van der Waals surface area contributed by atoms with Gasteiger partial charge in [0, 0.05) is 11.3 Å². The first kappa shape index (κ1) is 19.6. The van der Waals surface area contributed by atoms with Crippen LogP contribution in [0.3, 0.4) is 0 Å². The Morgan fingerprint density at radius 1 is 1.19 bits per heavy atom. The van der Waals surface area contributed by atoms with Gasteiger partial charge >= 0.3 is 41.6 Å². The zero-order valence-electron chi connectivity index (χ0n) is 15.0. The Bertz CT molecular complexity index is 930. The van der Waals surface area contributed by atoms with E-state index in [0.29, 0.717) is 12.1 Å². The van der Waals surface area contributed by atoms with Crippen LogP contribution in [0.5, 0.6) is 0 Å². The van der Waals surface area contributed by atoms with Crippen LogP contribution < -0.4 is 40.2 Å². The van der Waals surface area contributed by atoms with Crippen molar-refractivity contribution in [2.24, 2.45) is 5.73 Å². The third-order valence-electron chi connectivity index (χ3n) is 4.79. The molecule has 132 valence electrons. The van der Waals surface area contributed by atoms with E-state index in [1.54, 1.807) is 24.0 Å². The first-order valence-corrected chi connectivity index (χ1v) is 8.09. The normalized spacial score (nSPS) is 22.6. The Morgan fingerprint density at radius 3 is 2.48 bits per heavy atom. The number of carbonyl (C=O) groups is 3. The number of rotatable bonds is 3. The van der Waals surface area contributed by atoms with Gasteiger partial charge in [0.05, 0.1) is 6.54 Å². The Morgan fingerprint density at radius 2 is 1.85 bits per heavy atom. The summed E-state index contributed by atoms with van der Waals surface area (Å²) in [5, 5.41) is 0. The van der Waals surface area contributed by atoms with Crippen molar-refractivity contribution in [3.8, 4) is 0 Å². The topological polar surface area (TPSA) is 102 Å². The van der Waals surface area contributed by atoms with Gasteiger partial charge in [-0.25, -0.2) is 9.59 Å². The standard InChI is InChI=1S/C19H16N2O5.Na/c1-19(15(26-19)17(23)25-18(20)24)12-6-8-13(9-7-12)21-10-11-4-2-3-5-14(11)16(21)22;/h2-9,15H,10H2,1H3,(H2,20,24);/q;+1. The maximum Gasteiger partial charge on any atom is 1.00 e. The maximum absolute atomic E-state index is 12.5. The predicted molar refractivity (Wildman–Crippen MR) is 91.3 cm³/mol. The van der Waals surface area contributed by atoms with Crippen molar-refractivity contribution in [3.05, 3.63) is 65.2 Å². The van der Waals surface area contributed by atoms with Crippen molar-refractivity contribution in [1.82, 2.24) is 0 Å². The van der Waals surface area contributed by atoms with E-state index in [4.69, 9.17) is 10.5 Å². The molecular weight excluding hydrogens is 359 g/mol. The number of nitrogens with two attached hydrogens (primary N) is 1. The number of carbonyl (C=O) groups excluding carboxylic acids is 3. The van der Waals surface area contributed by atoms with Crippen LogP contribution in [0.25, 0.3) is 0 Å². The average molecular weight is 375 g/mol. The van der Waals surface area contributed by atoms with Gasteiger partial charge in [0.1, 0.15) is 5.60 Å². The number of benzene rings is 2. The molecule has 0 saturated carbocycles. The summed E-state index contributed by atoms with van der Waals surface area (Å²) < 4.78 is 9.80. The zero-order valence-corrected chi connectivity index (χ0v) is 17.0. The molecule has 0 aromatic heterocycles. The average Bonchev–Trinajstić information content (AvgIpc) is 3.22. The summed E-state index contributed by atoms with van der Waals surface area (Å²) in [5.74, 6) is -0.848. The van der Waals surface area contributed by atoms with Crippen LogP contribution in [0.2, 0.25) is 0 Å². The summed E-state index contributed by atoms with van der Waals surface area (Å²) in [4.78, 5) is 36.7. The summed E-state index contributed by atoms with van der Waals surface area (Å²) in [6, 6.07) is 14.7. The number of ether oxygens (including phenoxy) is 2. The molecule has 2 unspecified atom stereocenters. The third-order valence-corrected chi connectivity index (χ3v) is 4.79. The molecular formula is C19H16N2NaO5+. The minimum atomic E-state index is -1.16. The molecule has 1 fully saturated rings. The number of anilines is 1. The fourth-order valence-electron chi connectivity index (χ4n) is 3.29.